The molecule has 1 atom stereocenters. The van der Waals surface area contributed by atoms with Crippen LogP contribution in [0.15, 0.2) is 30.7 Å². The van der Waals surface area contributed by atoms with Crippen molar-refractivity contribution >= 4 is 29.6 Å². The summed E-state index contributed by atoms with van der Waals surface area (Å²) in [7, 11) is 0. The number of carbonyl (C=O) groups excluding carboxylic acids is 3. The van der Waals surface area contributed by atoms with Crippen LogP contribution in [0.5, 0.6) is 0 Å². The first-order chi connectivity index (χ1) is 16.9. The molecule has 4 bridgehead atoms. The number of H-pyrrole nitrogens is 1. The lowest BCUT2D eigenvalue weighted by Gasteiger charge is -2.56. The van der Waals surface area contributed by atoms with Gasteiger partial charge in [0, 0.05) is 29.6 Å². The minimum Gasteiger partial charge on any atom is -0.364 e. The summed E-state index contributed by atoms with van der Waals surface area (Å²) in [6, 6.07) is 4.59. The molecule has 4 aliphatic carbocycles. The number of nitrogens with two attached hydrogens (primary N) is 1. The van der Waals surface area contributed by atoms with E-state index in [4.69, 9.17) is 5.73 Å². The average molecular weight is 475 g/mol. The molecule has 0 spiro atoms. The van der Waals surface area contributed by atoms with Gasteiger partial charge in [-0.05, 0) is 73.8 Å². The minimum absolute atomic E-state index is 0.0458. The van der Waals surface area contributed by atoms with Gasteiger partial charge < -0.3 is 16.0 Å². The van der Waals surface area contributed by atoms with Crippen LogP contribution in [-0.2, 0) is 22.4 Å². The van der Waals surface area contributed by atoms with Gasteiger partial charge in [0.2, 0.25) is 11.9 Å². The summed E-state index contributed by atoms with van der Waals surface area (Å²) in [6.07, 6.45) is 13.7. The lowest BCUT2D eigenvalue weighted by atomic mass is 9.49. The van der Waals surface area contributed by atoms with Gasteiger partial charge in [0.05, 0.1) is 24.7 Å². The quantitative estimate of drug-likeness (QED) is 0.534. The van der Waals surface area contributed by atoms with Crippen LogP contribution in [0.4, 0.5) is 5.69 Å². The summed E-state index contributed by atoms with van der Waals surface area (Å²) in [5.74, 6) is 1.59. The van der Waals surface area contributed by atoms with Gasteiger partial charge in [-0.2, -0.15) is 4.58 Å². The van der Waals surface area contributed by atoms with E-state index in [2.05, 4.69) is 15.3 Å². The molecule has 2 heterocycles. The van der Waals surface area contributed by atoms with Crippen molar-refractivity contribution in [1.82, 2.24) is 9.97 Å². The van der Waals surface area contributed by atoms with E-state index in [-0.39, 0.29) is 23.7 Å². The highest BCUT2D eigenvalue weighted by atomic mass is 16.2. The standard InChI is InChI=1S/C27H31N5O3/c28-25(34)23(9-19-14-29-15-30-19)32-5-4-20-21(26(32)35)2-1-3-22(20)31-24(33)13-27-10-16-6-17(11-27)8-18(7-16)12-27/h1-3,5,14-18,23H,4,6-13H2,(H3-,28,29,30,31,33,34)/p+1/t16?,17?,18?,23-,27?/m0/s1. The molecular weight excluding hydrogens is 442 g/mol. The third-order valence-corrected chi connectivity index (χ3v) is 8.74. The lowest BCUT2D eigenvalue weighted by molar-refractivity contribution is -0.454. The molecule has 1 aromatic carbocycles. The number of rotatable bonds is 7. The minimum atomic E-state index is -0.814. The number of aromatic nitrogens is 2. The van der Waals surface area contributed by atoms with Crippen LogP contribution in [0.2, 0.25) is 0 Å². The molecule has 1 aliphatic heterocycles. The molecule has 1 aromatic heterocycles. The summed E-state index contributed by atoms with van der Waals surface area (Å²) in [4.78, 5) is 45.7. The van der Waals surface area contributed by atoms with Gasteiger partial charge in [-0.25, -0.2) is 9.78 Å². The monoisotopic (exact) mass is 474 g/mol. The summed E-state index contributed by atoms with van der Waals surface area (Å²) in [6.45, 7) is 0. The third-order valence-electron chi connectivity index (χ3n) is 8.74. The van der Waals surface area contributed by atoms with Crippen LogP contribution in [0, 0.1) is 23.2 Å². The van der Waals surface area contributed by atoms with E-state index in [9.17, 15) is 14.4 Å². The molecule has 4 N–H and O–H groups in total. The fraction of sp³-hybridized carbons (Fsp3) is 0.519. The summed E-state index contributed by atoms with van der Waals surface area (Å²) in [5.41, 5.74) is 8.52. The Balaban J connectivity index is 1.19. The maximum absolute atomic E-state index is 13.4. The van der Waals surface area contributed by atoms with Crippen LogP contribution in [0.25, 0.3) is 0 Å². The summed E-state index contributed by atoms with van der Waals surface area (Å²) < 4.78 is 1.42. The second kappa shape index (κ2) is 8.43. The second-order valence-corrected chi connectivity index (χ2v) is 11.3. The Morgan fingerprint density at radius 2 is 1.89 bits per heavy atom. The Bertz CT molecular complexity index is 1180. The van der Waals surface area contributed by atoms with Gasteiger partial charge in [-0.3, -0.25) is 9.59 Å². The van der Waals surface area contributed by atoms with E-state index in [1.807, 2.05) is 6.07 Å². The van der Waals surface area contributed by atoms with E-state index in [1.165, 1.54) is 49.4 Å². The first-order valence-corrected chi connectivity index (χ1v) is 12.7. The Morgan fingerprint density at radius 3 is 2.51 bits per heavy atom. The molecule has 8 nitrogen and oxygen atoms in total. The normalized spacial score (nSPS) is 29.4. The first kappa shape index (κ1) is 22.2. The molecule has 7 rings (SSSR count). The van der Waals surface area contributed by atoms with Crippen LogP contribution < -0.4 is 11.1 Å². The topological polar surface area (TPSA) is 121 Å². The second-order valence-electron chi connectivity index (χ2n) is 11.3. The highest BCUT2D eigenvalue weighted by Gasteiger charge is 2.51. The molecular formula is C27H32N5O3+. The number of nitrogens with one attached hydrogen (secondary N) is 2. The first-order valence-electron chi connectivity index (χ1n) is 12.7. The predicted molar refractivity (Wildman–Crippen MR) is 130 cm³/mol. The van der Waals surface area contributed by atoms with E-state index < -0.39 is 11.9 Å². The Kier molecular flexibility index (Phi) is 5.34. The smallest absolute Gasteiger partial charge is 0.364 e. The zero-order valence-corrected chi connectivity index (χ0v) is 19.8. The van der Waals surface area contributed by atoms with Gasteiger partial charge in [0.1, 0.15) is 0 Å². The number of fused-ring (bicyclic) bond motifs is 1. The predicted octanol–water partition coefficient (Wildman–Crippen LogP) is 2.83. The van der Waals surface area contributed by atoms with E-state index in [0.717, 1.165) is 29.0 Å². The lowest BCUT2D eigenvalue weighted by Crippen LogP contribution is -2.47. The number of hydrogen-bond donors (Lipinski definition) is 3. The van der Waals surface area contributed by atoms with Gasteiger partial charge in [-0.15, -0.1) is 0 Å². The van der Waals surface area contributed by atoms with Crippen molar-refractivity contribution in [3.05, 3.63) is 47.5 Å². The molecule has 3 amide bonds. The number of aromatic amines is 1. The van der Waals surface area contributed by atoms with E-state index in [1.54, 1.807) is 24.5 Å². The number of imidazole rings is 1. The Morgan fingerprint density at radius 1 is 1.17 bits per heavy atom. The van der Waals surface area contributed by atoms with Gasteiger partial charge in [-0.1, -0.05) is 6.07 Å². The van der Waals surface area contributed by atoms with Crippen molar-refractivity contribution in [2.24, 2.45) is 28.9 Å². The third kappa shape index (κ3) is 4.09. The van der Waals surface area contributed by atoms with Crippen molar-refractivity contribution in [3.63, 3.8) is 0 Å². The highest BCUT2D eigenvalue weighted by molar-refractivity contribution is 6.00. The van der Waals surface area contributed by atoms with E-state index in [0.29, 0.717) is 24.1 Å². The highest BCUT2D eigenvalue weighted by Crippen LogP contribution is 2.61. The molecule has 0 unspecified atom stereocenters. The summed E-state index contributed by atoms with van der Waals surface area (Å²) >= 11 is 0. The maximum atomic E-state index is 13.4. The fourth-order valence-corrected chi connectivity index (χ4v) is 7.79. The number of amides is 3. The van der Waals surface area contributed by atoms with Crippen molar-refractivity contribution < 1.29 is 19.0 Å². The molecule has 8 heteroatoms. The van der Waals surface area contributed by atoms with Gasteiger partial charge in [0.25, 0.3) is 5.91 Å². The fourth-order valence-electron chi connectivity index (χ4n) is 7.79. The maximum Gasteiger partial charge on any atom is 0.420 e. The SMILES string of the molecule is NC(=O)[C@H](Cc1cnc[nH]1)[N+]1=CCc2c(NC(=O)CC34CC5CC(CC(C5)C3)C4)cccc2C1=O. The number of nitrogens with zero attached hydrogens (tertiary/aromatic N) is 2. The Hall–Kier alpha value is -3.29. The molecule has 0 radical (unpaired) electrons. The zero-order valence-electron chi connectivity index (χ0n) is 19.8. The van der Waals surface area contributed by atoms with Crippen LogP contribution in [-0.4, -0.2) is 44.5 Å². The molecule has 5 aliphatic rings. The molecule has 182 valence electrons. The van der Waals surface area contributed by atoms with Crippen LogP contribution in [0.1, 0.15) is 66.6 Å². The van der Waals surface area contributed by atoms with Crippen LogP contribution in [0.3, 0.4) is 0 Å². The number of primary amides is 1. The number of benzene rings is 1. The largest absolute Gasteiger partial charge is 0.420 e. The van der Waals surface area contributed by atoms with Crippen molar-refractivity contribution in [3.8, 4) is 0 Å². The Labute approximate surface area is 204 Å². The molecule has 35 heavy (non-hydrogen) atoms. The van der Waals surface area contributed by atoms with Crippen LogP contribution >= 0.6 is 0 Å². The number of anilines is 1. The van der Waals surface area contributed by atoms with Crippen molar-refractivity contribution in [2.75, 3.05) is 5.32 Å². The molecule has 4 fully saturated rings. The summed E-state index contributed by atoms with van der Waals surface area (Å²) in [5, 5.41) is 3.13. The molecule has 0 saturated heterocycles. The van der Waals surface area contributed by atoms with Crippen molar-refractivity contribution in [2.45, 2.75) is 63.8 Å². The number of hydrogen-bond acceptors (Lipinski definition) is 4. The zero-order chi connectivity index (χ0) is 24.2. The average Bonchev–Trinajstić information content (AvgIpc) is 3.30. The van der Waals surface area contributed by atoms with E-state index >= 15 is 0 Å². The number of carbonyl (C=O) groups is 3. The van der Waals surface area contributed by atoms with Gasteiger partial charge >= 0.3 is 5.91 Å². The molecule has 4 saturated carbocycles. The van der Waals surface area contributed by atoms with Crippen molar-refractivity contribution in [1.29, 1.82) is 0 Å². The molecule has 2 aromatic rings. The van der Waals surface area contributed by atoms with Gasteiger partial charge in [0.15, 0.2) is 6.21 Å².